The minimum atomic E-state index is -0.499. The van der Waals surface area contributed by atoms with E-state index >= 15 is 0 Å². The number of nitrogens with one attached hydrogen (secondary N) is 1. The first kappa shape index (κ1) is 12.0. The largest absolute Gasteiger partial charge is 0.464 e. The minimum Gasteiger partial charge on any atom is -0.464 e. The number of aromatic nitrogens is 4. The second-order valence-corrected chi connectivity index (χ2v) is 3.51. The summed E-state index contributed by atoms with van der Waals surface area (Å²) in [4.78, 5) is 23.2. The zero-order chi connectivity index (χ0) is 12.8. The molecule has 94 valence electrons. The first-order valence-electron chi connectivity index (χ1n) is 5.39. The summed E-state index contributed by atoms with van der Waals surface area (Å²) in [6.45, 7) is 1.42. The normalized spacial score (nSPS) is 10.1. The number of anilines is 1. The standard InChI is InChI=1S/C11H13N5O2/c1-18-11(17)9-6-13-7-10(15-9)14-3-5-16-4-2-12-8-16/h2,4,6-8H,3,5H2,1H3,(H,14,15). The van der Waals surface area contributed by atoms with E-state index in [1.54, 1.807) is 18.7 Å². The lowest BCUT2D eigenvalue weighted by Gasteiger charge is -2.06. The van der Waals surface area contributed by atoms with E-state index < -0.39 is 5.97 Å². The molecule has 1 N–H and O–H groups in total. The average molecular weight is 247 g/mol. The van der Waals surface area contributed by atoms with Crippen LogP contribution in [0.4, 0.5) is 5.82 Å². The van der Waals surface area contributed by atoms with Crippen molar-refractivity contribution in [3.05, 3.63) is 36.8 Å². The van der Waals surface area contributed by atoms with Gasteiger partial charge in [0, 0.05) is 25.5 Å². The Morgan fingerprint density at radius 1 is 1.44 bits per heavy atom. The molecular weight excluding hydrogens is 234 g/mol. The van der Waals surface area contributed by atoms with Crippen LogP contribution in [0.15, 0.2) is 31.1 Å². The molecule has 2 aromatic rings. The molecule has 0 unspecified atom stereocenters. The van der Waals surface area contributed by atoms with Crippen molar-refractivity contribution in [2.75, 3.05) is 19.0 Å². The van der Waals surface area contributed by atoms with Gasteiger partial charge in [0.25, 0.3) is 0 Å². The predicted molar refractivity (Wildman–Crippen MR) is 64.1 cm³/mol. The Balaban J connectivity index is 1.91. The SMILES string of the molecule is COC(=O)c1cncc(NCCn2ccnc2)n1. The fraction of sp³-hybridized carbons (Fsp3) is 0.273. The van der Waals surface area contributed by atoms with Crippen LogP contribution < -0.4 is 5.32 Å². The molecule has 0 aliphatic heterocycles. The first-order chi connectivity index (χ1) is 8.79. The molecule has 0 aliphatic rings. The number of rotatable bonds is 5. The molecule has 0 spiro atoms. The van der Waals surface area contributed by atoms with Crippen LogP contribution in [-0.2, 0) is 11.3 Å². The van der Waals surface area contributed by atoms with Gasteiger partial charge in [-0.1, -0.05) is 0 Å². The van der Waals surface area contributed by atoms with Gasteiger partial charge in [-0.05, 0) is 0 Å². The highest BCUT2D eigenvalue weighted by Gasteiger charge is 2.07. The number of ether oxygens (including phenoxy) is 1. The molecule has 2 heterocycles. The lowest BCUT2D eigenvalue weighted by atomic mass is 10.4. The van der Waals surface area contributed by atoms with Crippen LogP contribution in [0.3, 0.4) is 0 Å². The van der Waals surface area contributed by atoms with E-state index in [1.165, 1.54) is 13.3 Å². The lowest BCUT2D eigenvalue weighted by Crippen LogP contribution is -2.12. The smallest absolute Gasteiger partial charge is 0.358 e. The zero-order valence-corrected chi connectivity index (χ0v) is 9.91. The molecule has 2 rings (SSSR count). The summed E-state index contributed by atoms with van der Waals surface area (Å²) >= 11 is 0. The molecule has 0 aliphatic carbocycles. The molecule has 0 radical (unpaired) electrons. The molecule has 0 saturated carbocycles. The van der Waals surface area contributed by atoms with Gasteiger partial charge >= 0.3 is 5.97 Å². The summed E-state index contributed by atoms with van der Waals surface area (Å²) in [5.74, 6) is 0.0405. The highest BCUT2D eigenvalue weighted by Crippen LogP contribution is 2.03. The van der Waals surface area contributed by atoms with E-state index in [-0.39, 0.29) is 5.69 Å². The Morgan fingerprint density at radius 3 is 3.06 bits per heavy atom. The topological polar surface area (TPSA) is 81.9 Å². The third-order valence-electron chi connectivity index (χ3n) is 2.26. The van der Waals surface area contributed by atoms with Gasteiger partial charge in [-0.3, -0.25) is 4.98 Å². The fourth-order valence-corrected chi connectivity index (χ4v) is 1.39. The van der Waals surface area contributed by atoms with E-state index in [1.807, 2.05) is 10.8 Å². The van der Waals surface area contributed by atoms with Crippen molar-refractivity contribution < 1.29 is 9.53 Å². The summed E-state index contributed by atoms with van der Waals surface area (Å²) < 4.78 is 6.51. The predicted octanol–water partition coefficient (Wildman–Crippen LogP) is 0.572. The maximum Gasteiger partial charge on any atom is 0.358 e. The van der Waals surface area contributed by atoms with Gasteiger partial charge in [0.15, 0.2) is 5.69 Å². The number of carbonyl (C=O) groups excluding carboxylic acids is 1. The van der Waals surface area contributed by atoms with Crippen LogP contribution in [-0.4, -0.2) is 39.1 Å². The highest BCUT2D eigenvalue weighted by molar-refractivity contribution is 5.87. The Bertz CT molecular complexity index is 512. The van der Waals surface area contributed by atoms with Crippen molar-refractivity contribution in [3.63, 3.8) is 0 Å². The molecular formula is C11H13N5O2. The zero-order valence-electron chi connectivity index (χ0n) is 9.91. The van der Waals surface area contributed by atoms with Gasteiger partial charge < -0.3 is 14.6 Å². The Labute approximate surface area is 104 Å². The monoisotopic (exact) mass is 247 g/mol. The van der Waals surface area contributed by atoms with Gasteiger partial charge in [0.1, 0.15) is 5.82 Å². The molecule has 0 amide bonds. The average Bonchev–Trinajstić information content (AvgIpc) is 2.91. The van der Waals surface area contributed by atoms with Crippen molar-refractivity contribution in [1.29, 1.82) is 0 Å². The maximum atomic E-state index is 11.3. The Morgan fingerprint density at radius 2 is 2.33 bits per heavy atom. The second-order valence-electron chi connectivity index (χ2n) is 3.51. The summed E-state index contributed by atoms with van der Waals surface area (Å²) in [5, 5.41) is 3.07. The molecule has 0 aromatic carbocycles. The quantitative estimate of drug-likeness (QED) is 0.778. The highest BCUT2D eigenvalue weighted by atomic mass is 16.5. The molecule has 0 atom stereocenters. The third kappa shape index (κ3) is 3.03. The maximum absolute atomic E-state index is 11.3. The fourth-order valence-electron chi connectivity index (χ4n) is 1.39. The molecule has 7 nitrogen and oxygen atoms in total. The molecule has 18 heavy (non-hydrogen) atoms. The van der Waals surface area contributed by atoms with E-state index in [4.69, 9.17) is 0 Å². The number of esters is 1. The van der Waals surface area contributed by atoms with Crippen LogP contribution in [0.1, 0.15) is 10.5 Å². The molecule has 0 fully saturated rings. The Hall–Kier alpha value is -2.44. The number of nitrogens with zero attached hydrogens (tertiary/aromatic N) is 4. The number of carbonyl (C=O) groups is 1. The molecule has 0 saturated heterocycles. The van der Waals surface area contributed by atoms with Crippen molar-refractivity contribution in [1.82, 2.24) is 19.5 Å². The summed E-state index contributed by atoms with van der Waals surface area (Å²) in [6, 6.07) is 0. The van der Waals surface area contributed by atoms with Gasteiger partial charge in [0.2, 0.25) is 0 Å². The summed E-state index contributed by atoms with van der Waals surface area (Å²) in [5.41, 5.74) is 0.185. The number of imidazole rings is 1. The van der Waals surface area contributed by atoms with Crippen molar-refractivity contribution in [2.24, 2.45) is 0 Å². The summed E-state index contributed by atoms with van der Waals surface area (Å²) in [6.07, 6.45) is 8.25. The Kier molecular flexibility index (Phi) is 3.85. The van der Waals surface area contributed by atoms with Crippen molar-refractivity contribution in [2.45, 2.75) is 6.54 Å². The lowest BCUT2D eigenvalue weighted by molar-refractivity contribution is 0.0593. The second kappa shape index (κ2) is 5.76. The van der Waals surface area contributed by atoms with Crippen LogP contribution in [0.2, 0.25) is 0 Å². The van der Waals surface area contributed by atoms with Crippen molar-refractivity contribution in [3.8, 4) is 0 Å². The van der Waals surface area contributed by atoms with E-state index in [9.17, 15) is 4.79 Å². The van der Waals surface area contributed by atoms with E-state index in [0.29, 0.717) is 12.4 Å². The third-order valence-corrected chi connectivity index (χ3v) is 2.26. The number of hydrogen-bond donors (Lipinski definition) is 1. The van der Waals surface area contributed by atoms with Gasteiger partial charge in [-0.15, -0.1) is 0 Å². The minimum absolute atomic E-state index is 0.185. The van der Waals surface area contributed by atoms with Crippen molar-refractivity contribution >= 4 is 11.8 Å². The molecule has 7 heteroatoms. The number of methoxy groups -OCH3 is 1. The first-order valence-corrected chi connectivity index (χ1v) is 5.39. The van der Waals surface area contributed by atoms with Crippen LogP contribution >= 0.6 is 0 Å². The molecule has 2 aromatic heterocycles. The van der Waals surface area contributed by atoms with Gasteiger partial charge in [-0.2, -0.15) is 0 Å². The van der Waals surface area contributed by atoms with Crippen LogP contribution in [0, 0.1) is 0 Å². The summed E-state index contributed by atoms with van der Waals surface area (Å²) in [7, 11) is 1.31. The molecule has 0 bridgehead atoms. The van der Waals surface area contributed by atoms with E-state index in [0.717, 1.165) is 6.54 Å². The van der Waals surface area contributed by atoms with Crippen LogP contribution in [0.5, 0.6) is 0 Å². The van der Waals surface area contributed by atoms with E-state index in [2.05, 4.69) is 25.0 Å². The van der Waals surface area contributed by atoms with Gasteiger partial charge in [-0.25, -0.2) is 14.8 Å². The number of hydrogen-bond acceptors (Lipinski definition) is 6. The van der Waals surface area contributed by atoms with Crippen LogP contribution in [0.25, 0.3) is 0 Å². The van der Waals surface area contributed by atoms with Gasteiger partial charge in [0.05, 0.1) is 25.8 Å².